The number of carbonyl (C=O) groups is 1. The van der Waals surface area contributed by atoms with Crippen molar-refractivity contribution in [2.75, 3.05) is 19.6 Å². The molecule has 2 aliphatic rings. The summed E-state index contributed by atoms with van der Waals surface area (Å²) in [6.45, 7) is 11.8. The van der Waals surface area contributed by atoms with E-state index < -0.39 is 0 Å². The van der Waals surface area contributed by atoms with Gasteiger partial charge in [-0.3, -0.25) is 4.90 Å². The number of benzene rings is 1. The second-order valence-corrected chi connectivity index (χ2v) is 9.33. The van der Waals surface area contributed by atoms with Crippen LogP contribution in [0, 0.1) is 5.92 Å². The summed E-state index contributed by atoms with van der Waals surface area (Å²) in [6.07, 6.45) is 6.42. The lowest BCUT2D eigenvalue weighted by Crippen LogP contribution is -2.49. The molecule has 1 aromatic rings. The van der Waals surface area contributed by atoms with Crippen LogP contribution in [0.2, 0.25) is 0 Å². The van der Waals surface area contributed by atoms with Crippen molar-refractivity contribution >= 4 is 6.29 Å². The van der Waals surface area contributed by atoms with E-state index in [0.29, 0.717) is 18.0 Å². The SMILES string of the molecule is CC(C)N(CC(C=O)CCC1CC2(CCNCC2)Oc2ccccc21)C(C)C. The molecule has 0 aromatic heterocycles. The molecule has 1 N–H and O–H groups in total. The van der Waals surface area contributed by atoms with Crippen LogP contribution in [0.3, 0.4) is 0 Å². The van der Waals surface area contributed by atoms with Gasteiger partial charge in [0, 0.05) is 24.5 Å². The summed E-state index contributed by atoms with van der Waals surface area (Å²) in [5, 5.41) is 3.47. The van der Waals surface area contributed by atoms with E-state index in [1.807, 2.05) is 0 Å². The molecule has 0 bridgehead atoms. The van der Waals surface area contributed by atoms with E-state index in [0.717, 1.165) is 57.5 Å². The number of nitrogens with one attached hydrogen (secondary N) is 1. The van der Waals surface area contributed by atoms with E-state index in [1.54, 1.807) is 0 Å². The Morgan fingerprint density at radius 2 is 1.86 bits per heavy atom. The molecule has 2 atom stereocenters. The lowest BCUT2D eigenvalue weighted by molar-refractivity contribution is -0.112. The Labute approximate surface area is 171 Å². The first-order valence-corrected chi connectivity index (χ1v) is 11.1. The number of rotatable bonds is 8. The van der Waals surface area contributed by atoms with Crippen LogP contribution >= 0.6 is 0 Å². The molecule has 2 unspecified atom stereocenters. The van der Waals surface area contributed by atoms with Crippen molar-refractivity contribution in [1.82, 2.24) is 10.2 Å². The maximum atomic E-state index is 11.8. The fraction of sp³-hybridized carbons (Fsp3) is 0.708. The van der Waals surface area contributed by atoms with Crippen LogP contribution in [0.15, 0.2) is 24.3 Å². The average molecular weight is 387 g/mol. The molecule has 1 saturated heterocycles. The van der Waals surface area contributed by atoms with Gasteiger partial charge in [-0.05, 0) is 90.4 Å². The number of hydrogen-bond acceptors (Lipinski definition) is 4. The van der Waals surface area contributed by atoms with Gasteiger partial charge in [-0.2, -0.15) is 0 Å². The van der Waals surface area contributed by atoms with E-state index >= 15 is 0 Å². The minimum absolute atomic E-state index is 0.0250. The van der Waals surface area contributed by atoms with Gasteiger partial charge in [0.1, 0.15) is 17.6 Å². The molecule has 2 heterocycles. The number of piperidine rings is 1. The highest BCUT2D eigenvalue weighted by Gasteiger charge is 2.41. The number of nitrogens with zero attached hydrogens (tertiary/aromatic N) is 1. The van der Waals surface area contributed by atoms with Gasteiger partial charge < -0.3 is 14.8 Å². The number of ether oxygens (including phenoxy) is 1. The quantitative estimate of drug-likeness (QED) is 0.673. The third-order valence-electron chi connectivity index (χ3n) is 6.67. The van der Waals surface area contributed by atoms with Crippen LogP contribution in [0.4, 0.5) is 0 Å². The number of fused-ring (bicyclic) bond motifs is 1. The molecule has 1 spiro atoms. The normalized spacial score (nSPS) is 22.3. The van der Waals surface area contributed by atoms with Crippen molar-refractivity contribution in [3.63, 3.8) is 0 Å². The van der Waals surface area contributed by atoms with Gasteiger partial charge in [0.15, 0.2) is 0 Å². The van der Waals surface area contributed by atoms with Gasteiger partial charge >= 0.3 is 0 Å². The summed E-state index contributed by atoms with van der Waals surface area (Å²) >= 11 is 0. The van der Waals surface area contributed by atoms with Gasteiger partial charge in [-0.1, -0.05) is 18.2 Å². The molecule has 4 heteroatoms. The molecule has 156 valence electrons. The molecule has 1 fully saturated rings. The fourth-order valence-electron chi connectivity index (χ4n) is 5.10. The predicted molar refractivity (Wildman–Crippen MR) is 115 cm³/mol. The molecule has 0 amide bonds. The third-order valence-corrected chi connectivity index (χ3v) is 6.67. The number of hydrogen-bond donors (Lipinski definition) is 1. The van der Waals surface area contributed by atoms with Gasteiger partial charge in [-0.15, -0.1) is 0 Å². The van der Waals surface area contributed by atoms with Crippen molar-refractivity contribution in [3.05, 3.63) is 29.8 Å². The summed E-state index contributed by atoms with van der Waals surface area (Å²) < 4.78 is 6.53. The van der Waals surface area contributed by atoms with E-state index in [1.165, 1.54) is 11.8 Å². The number of carbonyl (C=O) groups excluding carboxylic acids is 1. The predicted octanol–water partition coefficient (Wildman–Crippen LogP) is 4.39. The highest BCUT2D eigenvalue weighted by molar-refractivity contribution is 5.53. The standard InChI is InChI=1S/C24H38N2O2/c1-18(2)26(19(3)4)16-20(17-27)9-10-21-15-24(11-13-25-14-12-24)28-23-8-6-5-7-22(21)23/h5-8,17-21,25H,9-16H2,1-4H3. The summed E-state index contributed by atoms with van der Waals surface area (Å²) in [4.78, 5) is 14.3. The van der Waals surface area contributed by atoms with Gasteiger partial charge in [-0.25, -0.2) is 0 Å². The number of aldehydes is 1. The van der Waals surface area contributed by atoms with Crippen molar-refractivity contribution in [2.24, 2.45) is 5.92 Å². The van der Waals surface area contributed by atoms with Crippen LogP contribution in [0.5, 0.6) is 5.75 Å². The Morgan fingerprint density at radius 1 is 1.18 bits per heavy atom. The molecule has 28 heavy (non-hydrogen) atoms. The molecular formula is C24H38N2O2. The fourth-order valence-corrected chi connectivity index (χ4v) is 5.10. The van der Waals surface area contributed by atoms with E-state index in [4.69, 9.17) is 4.74 Å². The van der Waals surface area contributed by atoms with Crippen LogP contribution in [-0.4, -0.2) is 48.5 Å². The zero-order valence-corrected chi connectivity index (χ0v) is 18.1. The topological polar surface area (TPSA) is 41.6 Å². The Hall–Kier alpha value is -1.39. The number of para-hydroxylation sites is 1. The second-order valence-electron chi connectivity index (χ2n) is 9.33. The van der Waals surface area contributed by atoms with Crippen LogP contribution in [0.1, 0.15) is 71.3 Å². The van der Waals surface area contributed by atoms with Crippen LogP contribution < -0.4 is 10.1 Å². The van der Waals surface area contributed by atoms with Crippen molar-refractivity contribution in [1.29, 1.82) is 0 Å². The molecule has 0 aliphatic carbocycles. The first-order valence-electron chi connectivity index (χ1n) is 11.1. The molecule has 4 nitrogen and oxygen atoms in total. The van der Waals surface area contributed by atoms with E-state index in [9.17, 15) is 4.79 Å². The van der Waals surface area contributed by atoms with E-state index in [2.05, 4.69) is 62.2 Å². The first kappa shape index (κ1) is 21.3. The maximum Gasteiger partial charge on any atom is 0.124 e. The van der Waals surface area contributed by atoms with Crippen LogP contribution in [-0.2, 0) is 4.79 Å². The summed E-state index contributed by atoms with van der Waals surface area (Å²) in [5.41, 5.74) is 1.31. The molecule has 3 rings (SSSR count). The Morgan fingerprint density at radius 3 is 2.50 bits per heavy atom. The lowest BCUT2D eigenvalue weighted by Gasteiger charge is -2.45. The highest BCUT2D eigenvalue weighted by atomic mass is 16.5. The lowest BCUT2D eigenvalue weighted by atomic mass is 9.75. The minimum atomic E-state index is -0.0250. The molecule has 1 aromatic carbocycles. The zero-order valence-electron chi connectivity index (χ0n) is 18.1. The Balaban J connectivity index is 1.70. The van der Waals surface area contributed by atoms with Gasteiger partial charge in [0.05, 0.1) is 0 Å². The van der Waals surface area contributed by atoms with Crippen LogP contribution in [0.25, 0.3) is 0 Å². The largest absolute Gasteiger partial charge is 0.487 e. The van der Waals surface area contributed by atoms with Gasteiger partial charge in [0.25, 0.3) is 0 Å². The molecule has 2 aliphatic heterocycles. The zero-order chi connectivity index (χ0) is 20.1. The minimum Gasteiger partial charge on any atom is -0.487 e. The van der Waals surface area contributed by atoms with Crippen molar-refractivity contribution < 1.29 is 9.53 Å². The smallest absolute Gasteiger partial charge is 0.124 e. The molecule has 0 radical (unpaired) electrons. The first-order chi connectivity index (χ1) is 13.4. The summed E-state index contributed by atoms with van der Waals surface area (Å²) in [7, 11) is 0. The average Bonchev–Trinajstić information content (AvgIpc) is 2.68. The molecular weight excluding hydrogens is 348 g/mol. The Kier molecular flexibility index (Phi) is 7.16. The van der Waals surface area contributed by atoms with Gasteiger partial charge in [0.2, 0.25) is 0 Å². The maximum absolute atomic E-state index is 11.8. The monoisotopic (exact) mass is 386 g/mol. The van der Waals surface area contributed by atoms with Crippen molar-refractivity contribution in [3.8, 4) is 5.75 Å². The Bertz CT molecular complexity index is 629. The molecule has 0 saturated carbocycles. The third kappa shape index (κ3) is 4.96. The van der Waals surface area contributed by atoms with Crippen molar-refractivity contribution in [2.45, 2.75) is 83.4 Å². The van der Waals surface area contributed by atoms with E-state index in [-0.39, 0.29) is 11.5 Å². The summed E-state index contributed by atoms with van der Waals surface area (Å²) in [6, 6.07) is 9.47. The highest BCUT2D eigenvalue weighted by Crippen LogP contribution is 2.46. The second kappa shape index (κ2) is 9.41. The summed E-state index contributed by atoms with van der Waals surface area (Å²) in [5.74, 6) is 1.65.